The summed E-state index contributed by atoms with van der Waals surface area (Å²) in [5, 5.41) is 2.74. The van der Waals surface area contributed by atoms with Crippen molar-refractivity contribution in [3.8, 4) is 11.5 Å². The first-order valence-corrected chi connectivity index (χ1v) is 11.3. The minimum absolute atomic E-state index is 0.00325. The number of methoxy groups -OCH3 is 3. The largest absolute Gasteiger partial charge is 0.493 e. The molecule has 0 aromatic heterocycles. The van der Waals surface area contributed by atoms with Crippen LogP contribution in [0.4, 0.5) is 5.69 Å². The van der Waals surface area contributed by atoms with Gasteiger partial charge in [-0.3, -0.25) is 9.10 Å². The Labute approximate surface area is 184 Å². The van der Waals surface area contributed by atoms with Gasteiger partial charge in [-0.15, -0.1) is 0 Å². The zero-order chi connectivity index (χ0) is 23.0. The van der Waals surface area contributed by atoms with Crippen molar-refractivity contribution >= 4 is 21.6 Å². The summed E-state index contributed by atoms with van der Waals surface area (Å²) in [5.41, 5.74) is 2.20. The second kappa shape index (κ2) is 11.0. The average molecular weight is 451 g/mol. The van der Waals surface area contributed by atoms with Crippen molar-refractivity contribution in [1.82, 2.24) is 5.32 Å². The van der Waals surface area contributed by atoms with Gasteiger partial charge >= 0.3 is 0 Å². The Kier molecular flexibility index (Phi) is 8.70. The highest BCUT2D eigenvalue weighted by Gasteiger charge is 2.28. The number of ether oxygens (including phenoxy) is 3. The monoisotopic (exact) mass is 450 g/mol. The Balaban J connectivity index is 2.44. The fourth-order valence-corrected chi connectivity index (χ4v) is 4.57. The lowest BCUT2D eigenvalue weighted by molar-refractivity contribution is -0.119. The first-order valence-electron chi connectivity index (χ1n) is 9.81. The maximum atomic E-state index is 13.6. The zero-order valence-electron chi connectivity index (χ0n) is 18.6. The van der Waals surface area contributed by atoms with Crippen molar-refractivity contribution in [2.75, 3.05) is 45.3 Å². The molecule has 0 unspecified atom stereocenters. The number of amides is 1. The Morgan fingerprint density at radius 1 is 0.968 bits per heavy atom. The van der Waals surface area contributed by atoms with Crippen LogP contribution in [0.1, 0.15) is 17.5 Å². The van der Waals surface area contributed by atoms with Crippen molar-refractivity contribution in [3.05, 3.63) is 47.5 Å². The van der Waals surface area contributed by atoms with E-state index in [1.807, 2.05) is 19.9 Å². The SMILES string of the molecule is COCCCNC(=O)CN(c1cc(C)cc(C)c1)S(=O)(=O)c1ccc(OC)c(OC)c1. The van der Waals surface area contributed by atoms with Gasteiger partial charge in [0.1, 0.15) is 6.54 Å². The minimum atomic E-state index is -4.06. The van der Waals surface area contributed by atoms with Gasteiger partial charge in [-0.1, -0.05) is 6.07 Å². The predicted molar refractivity (Wildman–Crippen MR) is 119 cm³/mol. The van der Waals surface area contributed by atoms with Crippen LogP contribution in [0.15, 0.2) is 41.3 Å². The second-order valence-electron chi connectivity index (χ2n) is 7.07. The summed E-state index contributed by atoms with van der Waals surface area (Å²) < 4.78 is 43.7. The van der Waals surface area contributed by atoms with Gasteiger partial charge < -0.3 is 19.5 Å². The highest BCUT2D eigenvalue weighted by molar-refractivity contribution is 7.92. The Morgan fingerprint density at radius 3 is 2.19 bits per heavy atom. The number of nitrogens with one attached hydrogen (secondary N) is 1. The number of hydrogen-bond donors (Lipinski definition) is 1. The molecule has 0 radical (unpaired) electrons. The van der Waals surface area contributed by atoms with Crippen LogP contribution in [-0.4, -0.2) is 55.4 Å². The Hall–Kier alpha value is -2.78. The molecule has 0 aliphatic heterocycles. The molecule has 0 bridgehead atoms. The summed E-state index contributed by atoms with van der Waals surface area (Å²) in [6.45, 7) is 4.30. The third-order valence-corrected chi connectivity index (χ3v) is 6.34. The molecule has 31 heavy (non-hydrogen) atoms. The molecular formula is C22H30N2O6S. The maximum Gasteiger partial charge on any atom is 0.264 e. The number of sulfonamides is 1. The summed E-state index contributed by atoms with van der Waals surface area (Å²) in [4.78, 5) is 12.6. The van der Waals surface area contributed by atoms with Crippen LogP contribution in [0.2, 0.25) is 0 Å². The molecule has 0 saturated carbocycles. The Bertz CT molecular complexity index is 987. The number of carbonyl (C=O) groups excluding carboxylic acids is 1. The molecule has 0 fully saturated rings. The number of aryl methyl sites for hydroxylation is 2. The summed E-state index contributed by atoms with van der Waals surface area (Å²) >= 11 is 0. The summed E-state index contributed by atoms with van der Waals surface area (Å²) in [7, 11) is 0.427. The lowest BCUT2D eigenvalue weighted by atomic mass is 10.1. The van der Waals surface area contributed by atoms with Gasteiger partial charge in [0.05, 0.1) is 24.8 Å². The van der Waals surface area contributed by atoms with E-state index in [9.17, 15) is 13.2 Å². The normalized spacial score (nSPS) is 11.1. The molecule has 170 valence electrons. The van der Waals surface area contributed by atoms with Crippen LogP contribution >= 0.6 is 0 Å². The average Bonchev–Trinajstić information content (AvgIpc) is 2.73. The molecule has 2 aromatic rings. The lowest BCUT2D eigenvalue weighted by Gasteiger charge is -2.25. The van der Waals surface area contributed by atoms with E-state index in [1.165, 1.54) is 32.4 Å². The Morgan fingerprint density at radius 2 is 1.61 bits per heavy atom. The van der Waals surface area contributed by atoms with Crippen molar-refractivity contribution in [1.29, 1.82) is 0 Å². The molecule has 1 N–H and O–H groups in total. The molecule has 1 amide bonds. The van der Waals surface area contributed by atoms with Gasteiger partial charge in [0.15, 0.2) is 11.5 Å². The van der Waals surface area contributed by atoms with E-state index in [-0.39, 0.29) is 17.2 Å². The molecule has 9 heteroatoms. The number of benzene rings is 2. The van der Waals surface area contributed by atoms with Gasteiger partial charge in [-0.25, -0.2) is 8.42 Å². The number of anilines is 1. The fourth-order valence-electron chi connectivity index (χ4n) is 3.14. The maximum absolute atomic E-state index is 13.6. The van der Waals surface area contributed by atoms with Crippen molar-refractivity contribution in [2.24, 2.45) is 0 Å². The first kappa shape index (κ1) is 24.5. The fraction of sp³-hybridized carbons (Fsp3) is 0.409. The molecule has 0 aliphatic carbocycles. The van der Waals surface area contributed by atoms with Crippen LogP contribution in [-0.2, 0) is 19.6 Å². The topological polar surface area (TPSA) is 94.2 Å². The van der Waals surface area contributed by atoms with Crippen molar-refractivity contribution < 1.29 is 27.4 Å². The van der Waals surface area contributed by atoms with Crippen molar-refractivity contribution in [3.63, 3.8) is 0 Å². The highest BCUT2D eigenvalue weighted by Crippen LogP contribution is 2.32. The molecule has 0 atom stereocenters. The van der Waals surface area contributed by atoms with E-state index in [0.29, 0.717) is 31.0 Å². The van der Waals surface area contributed by atoms with Gasteiger partial charge in [0.2, 0.25) is 5.91 Å². The van der Waals surface area contributed by atoms with E-state index in [4.69, 9.17) is 14.2 Å². The minimum Gasteiger partial charge on any atom is -0.493 e. The summed E-state index contributed by atoms with van der Waals surface area (Å²) in [6.07, 6.45) is 0.633. The highest BCUT2D eigenvalue weighted by atomic mass is 32.2. The van der Waals surface area contributed by atoms with E-state index >= 15 is 0 Å². The van der Waals surface area contributed by atoms with E-state index < -0.39 is 15.9 Å². The molecule has 0 heterocycles. The molecule has 0 aliphatic rings. The second-order valence-corrected chi connectivity index (χ2v) is 8.93. The van der Waals surface area contributed by atoms with Gasteiger partial charge in [0.25, 0.3) is 10.0 Å². The summed E-state index contributed by atoms with van der Waals surface area (Å²) in [5.74, 6) is 0.294. The smallest absolute Gasteiger partial charge is 0.264 e. The standard InChI is InChI=1S/C22H30N2O6S/c1-16-11-17(2)13-18(12-16)24(15-22(25)23-9-6-10-28-3)31(26,27)19-7-8-20(29-4)21(14-19)30-5/h7-8,11-14H,6,9-10,15H2,1-5H3,(H,23,25). The van der Waals surface area contributed by atoms with Crippen LogP contribution in [0.5, 0.6) is 11.5 Å². The lowest BCUT2D eigenvalue weighted by Crippen LogP contribution is -2.41. The quantitative estimate of drug-likeness (QED) is 0.529. The molecule has 0 saturated heterocycles. The number of nitrogens with zero attached hydrogens (tertiary/aromatic N) is 1. The summed E-state index contributed by atoms with van der Waals surface area (Å²) in [6, 6.07) is 9.77. The number of rotatable bonds is 11. The molecule has 8 nitrogen and oxygen atoms in total. The molecule has 2 aromatic carbocycles. The van der Waals surface area contributed by atoms with Crippen LogP contribution in [0, 0.1) is 13.8 Å². The van der Waals surface area contributed by atoms with Gasteiger partial charge in [-0.2, -0.15) is 0 Å². The van der Waals surface area contributed by atoms with E-state index in [2.05, 4.69) is 5.32 Å². The zero-order valence-corrected chi connectivity index (χ0v) is 19.4. The number of hydrogen-bond acceptors (Lipinski definition) is 6. The molecule has 2 rings (SSSR count). The number of carbonyl (C=O) groups is 1. The first-order chi connectivity index (χ1) is 14.7. The van der Waals surface area contributed by atoms with Crippen LogP contribution < -0.4 is 19.1 Å². The van der Waals surface area contributed by atoms with E-state index in [1.54, 1.807) is 19.2 Å². The molecular weight excluding hydrogens is 420 g/mol. The van der Waals surface area contributed by atoms with E-state index in [0.717, 1.165) is 15.4 Å². The van der Waals surface area contributed by atoms with Gasteiger partial charge in [0, 0.05) is 26.3 Å². The van der Waals surface area contributed by atoms with Gasteiger partial charge in [-0.05, 0) is 55.7 Å². The third-order valence-electron chi connectivity index (χ3n) is 4.57. The van der Waals surface area contributed by atoms with Crippen LogP contribution in [0.3, 0.4) is 0 Å². The van der Waals surface area contributed by atoms with Crippen molar-refractivity contribution in [2.45, 2.75) is 25.2 Å². The van der Waals surface area contributed by atoms with Crippen LogP contribution in [0.25, 0.3) is 0 Å². The molecule has 0 spiro atoms. The predicted octanol–water partition coefficient (Wildman–Crippen LogP) is 2.67. The third kappa shape index (κ3) is 6.35.